The zero-order valence-corrected chi connectivity index (χ0v) is 10.5. The fourth-order valence-corrected chi connectivity index (χ4v) is 2.72. The molecule has 90 valence electrons. The van der Waals surface area contributed by atoms with Crippen molar-refractivity contribution in [2.45, 2.75) is 39.2 Å². The summed E-state index contributed by atoms with van der Waals surface area (Å²) >= 11 is 0. The highest BCUT2D eigenvalue weighted by Gasteiger charge is 2.19. The summed E-state index contributed by atoms with van der Waals surface area (Å²) in [6, 6.07) is 2.13. The van der Waals surface area contributed by atoms with Crippen LogP contribution in [0.2, 0.25) is 0 Å². The lowest BCUT2D eigenvalue weighted by atomic mass is 9.94. The summed E-state index contributed by atoms with van der Waals surface area (Å²) in [4.78, 5) is 2.56. The Morgan fingerprint density at radius 3 is 3.06 bits per heavy atom. The van der Waals surface area contributed by atoms with Crippen LogP contribution < -0.4 is 0 Å². The summed E-state index contributed by atoms with van der Waals surface area (Å²) < 4.78 is 1.89. The lowest BCUT2D eigenvalue weighted by Crippen LogP contribution is -2.34. The van der Waals surface area contributed by atoms with Gasteiger partial charge in [-0.1, -0.05) is 13.3 Å². The highest BCUT2D eigenvalue weighted by molar-refractivity contribution is 4.98. The van der Waals surface area contributed by atoms with Gasteiger partial charge >= 0.3 is 0 Å². The molecule has 2 heterocycles. The van der Waals surface area contributed by atoms with E-state index in [2.05, 4.69) is 23.0 Å². The number of hydrogen-bond acceptors (Lipinski definition) is 2. The zero-order valence-electron chi connectivity index (χ0n) is 10.5. The van der Waals surface area contributed by atoms with Gasteiger partial charge in [0.2, 0.25) is 0 Å². The van der Waals surface area contributed by atoms with E-state index >= 15 is 0 Å². The van der Waals surface area contributed by atoms with E-state index in [0.717, 1.165) is 12.5 Å². The van der Waals surface area contributed by atoms with E-state index in [9.17, 15) is 0 Å². The molecule has 0 N–H and O–H groups in total. The molecule has 16 heavy (non-hydrogen) atoms. The normalized spacial score (nSPS) is 22.5. The Hall–Kier alpha value is -0.830. The number of piperidine rings is 1. The van der Waals surface area contributed by atoms with E-state index < -0.39 is 0 Å². The molecule has 1 aliphatic heterocycles. The third-order valence-corrected chi connectivity index (χ3v) is 3.45. The Morgan fingerprint density at radius 2 is 2.38 bits per heavy atom. The number of hydrogen-bond donors (Lipinski definition) is 0. The fourth-order valence-electron chi connectivity index (χ4n) is 2.72. The molecule has 0 radical (unpaired) electrons. The van der Waals surface area contributed by atoms with Crippen molar-refractivity contribution in [3.8, 4) is 0 Å². The molecule has 0 aromatic carbocycles. The molecule has 1 aliphatic rings. The molecule has 0 bridgehead atoms. The van der Waals surface area contributed by atoms with Gasteiger partial charge in [0.15, 0.2) is 0 Å². The van der Waals surface area contributed by atoms with Crippen LogP contribution in [0.15, 0.2) is 12.3 Å². The van der Waals surface area contributed by atoms with E-state index in [0.29, 0.717) is 0 Å². The summed E-state index contributed by atoms with van der Waals surface area (Å²) in [5.41, 5.74) is 1.21. The minimum Gasteiger partial charge on any atom is -0.297 e. The quantitative estimate of drug-likeness (QED) is 0.778. The van der Waals surface area contributed by atoms with Crippen LogP contribution in [0.4, 0.5) is 0 Å². The molecule has 0 aliphatic carbocycles. The highest BCUT2D eigenvalue weighted by atomic mass is 15.3. The number of aryl methyl sites for hydroxylation is 1. The second-order valence-corrected chi connectivity index (χ2v) is 5.01. The average molecular weight is 221 g/mol. The van der Waals surface area contributed by atoms with Gasteiger partial charge in [0.1, 0.15) is 0 Å². The monoisotopic (exact) mass is 221 g/mol. The molecule has 0 saturated carbocycles. The molecule has 0 amide bonds. The molecule has 0 spiro atoms. The molecular weight excluding hydrogens is 198 g/mol. The summed E-state index contributed by atoms with van der Waals surface area (Å²) in [6.45, 7) is 5.83. The topological polar surface area (TPSA) is 21.1 Å². The van der Waals surface area contributed by atoms with Crippen LogP contribution in [0.1, 0.15) is 38.3 Å². The average Bonchev–Trinajstić information content (AvgIpc) is 2.65. The highest BCUT2D eigenvalue weighted by Crippen LogP contribution is 2.21. The Balaban J connectivity index is 1.85. The summed E-state index contributed by atoms with van der Waals surface area (Å²) in [5, 5.41) is 4.45. The number of rotatable bonds is 4. The van der Waals surface area contributed by atoms with E-state index in [-0.39, 0.29) is 0 Å². The molecule has 1 aromatic rings. The van der Waals surface area contributed by atoms with Crippen molar-refractivity contribution in [2.75, 3.05) is 13.1 Å². The second kappa shape index (κ2) is 5.48. The molecule has 3 nitrogen and oxygen atoms in total. The van der Waals surface area contributed by atoms with Gasteiger partial charge in [0.25, 0.3) is 0 Å². The minimum absolute atomic E-state index is 0.919. The van der Waals surface area contributed by atoms with Crippen molar-refractivity contribution in [3.63, 3.8) is 0 Å². The van der Waals surface area contributed by atoms with Crippen LogP contribution in [0.3, 0.4) is 0 Å². The standard InChI is InChI=1S/C13H23N3/c1-3-5-12-6-4-8-16(10-12)11-13-7-9-15(2)14-13/h7,9,12H,3-6,8,10-11H2,1-2H3/t12-/m1/s1. The van der Waals surface area contributed by atoms with Crippen LogP contribution in [0, 0.1) is 5.92 Å². The third-order valence-electron chi connectivity index (χ3n) is 3.45. The smallest absolute Gasteiger partial charge is 0.0764 e. The molecule has 1 fully saturated rings. The largest absolute Gasteiger partial charge is 0.297 e. The number of nitrogens with zero attached hydrogens (tertiary/aromatic N) is 3. The number of likely N-dealkylation sites (tertiary alicyclic amines) is 1. The van der Waals surface area contributed by atoms with Gasteiger partial charge in [0.05, 0.1) is 5.69 Å². The van der Waals surface area contributed by atoms with Crippen LogP contribution >= 0.6 is 0 Å². The molecule has 3 heteroatoms. The zero-order chi connectivity index (χ0) is 11.4. The molecular formula is C13H23N3. The first-order chi connectivity index (χ1) is 7.78. The predicted molar refractivity (Wildman–Crippen MR) is 66.1 cm³/mol. The van der Waals surface area contributed by atoms with Gasteiger partial charge in [-0.25, -0.2) is 0 Å². The molecule has 1 aromatic heterocycles. The molecule has 1 saturated heterocycles. The lowest BCUT2D eigenvalue weighted by molar-refractivity contribution is 0.159. The SMILES string of the molecule is CCC[C@@H]1CCCN(Cc2ccn(C)n2)C1. The predicted octanol–water partition coefficient (Wildman–Crippen LogP) is 2.43. The first-order valence-electron chi connectivity index (χ1n) is 6.49. The van der Waals surface area contributed by atoms with Crippen LogP contribution in [-0.2, 0) is 13.6 Å². The fraction of sp³-hybridized carbons (Fsp3) is 0.769. The van der Waals surface area contributed by atoms with E-state index in [4.69, 9.17) is 0 Å². The Kier molecular flexibility index (Phi) is 3.99. The van der Waals surface area contributed by atoms with Gasteiger partial charge in [0, 0.05) is 26.3 Å². The van der Waals surface area contributed by atoms with Gasteiger partial charge in [-0.2, -0.15) is 5.10 Å². The summed E-state index contributed by atoms with van der Waals surface area (Å²) in [7, 11) is 1.99. The van der Waals surface area contributed by atoms with E-state index in [1.807, 2.05) is 17.9 Å². The summed E-state index contributed by atoms with van der Waals surface area (Å²) in [5.74, 6) is 0.919. The van der Waals surface area contributed by atoms with Crippen molar-refractivity contribution >= 4 is 0 Å². The Bertz CT molecular complexity index is 317. The van der Waals surface area contributed by atoms with Gasteiger partial charge in [-0.3, -0.25) is 9.58 Å². The van der Waals surface area contributed by atoms with Crippen LogP contribution in [0.25, 0.3) is 0 Å². The van der Waals surface area contributed by atoms with E-state index in [1.165, 1.54) is 44.5 Å². The third kappa shape index (κ3) is 3.08. The molecule has 0 unspecified atom stereocenters. The Morgan fingerprint density at radius 1 is 1.50 bits per heavy atom. The maximum atomic E-state index is 4.45. The minimum atomic E-state index is 0.919. The van der Waals surface area contributed by atoms with Crippen molar-refractivity contribution in [3.05, 3.63) is 18.0 Å². The second-order valence-electron chi connectivity index (χ2n) is 5.01. The first kappa shape index (κ1) is 11.6. The van der Waals surface area contributed by atoms with Gasteiger partial charge < -0.3 is 0 Å². The van der Waals surface area contributed by atoms with Gasteiger partial charge in [-0.15, -0.1) is 0 Å². The summed E-state index contributed by atoms with van der Waals surface area (Å²) in [6.07, 6.45) is 7.52. The Labute approximate surface area is 98.4 Å². The van der Waals surface area contributed by atoms with Crippen LogP contribution in [0.5, 0.6) is 0 Å². The lowest BCUT2D eigenvalue weighted by Gasteiger charge is -2.32. The maximum Gasteiger partial charge on any atom is 0.0764 e. The van der Waals surface area contributed by atoms with Crippen molar-refractivity contribution in [1.82, 2.24) is 14.7 Å². The van der Waals surface area contributed by atoms with Crippen LogP contribution in [-0.4, -0.2) is 27.8 Å². The maximum absolute atomic E-state index is 4.45. The van der Waals surface area contributed by atoms with Crippen molar-refractivity contribution in [1.29, 1.82) is 0 Å². The van der Waals surface area contributed by atoms with E-state index in [1.54, 1.807) is 0 Å². The molecule has 2 rings (SSSR count). The van der Waals surface area contributed by atoms with Gasteiger partial charge in [-0.05, 0) is 37.8 Å². The van der Waals surface area contributed by atoms with Crippen molar-refractivity contribution < 1.29 is 0 Å². The van der Waals surface area contributed by atoms with Crippen molar-refractivity contribution in [2.24, 2.45) is 13.0 Å². The number of aromatic nitrogens is 2. The first-order valence-corrected chi connectivity index (χ1v) is 6.49. The molecule has 1 atom stereocenters.